The van der Waals surface area contributed by atoms with Crippen LogP contribution in [0.4, 0.5) is 13.2 Å². The van der Waals surface area contributed by atoms with Crippen LogP contribution < -0.4 is 0 Å². The van der Waals surface area contributed by atoms with Gasteiger partial charge in [-0.1, -0.05) is 0 Å². The number of hydrogen-bond donors (Lipinski definition) is 0. The third-order valence-corrected chi connectivity index (χ3v) is 5.58. The van der Waals surface area contributed by atoms with Crippen LogP contribution in [0.25, 0.3) is 0 Å². The second kappa shape index (κ2) is 5.47. The van der Waals surface area contributed by atoms with Crippen LogP contribution in [0.2, 0.25) is 0 Å². The molecule has 1 amide bonds. The summed E-state index contributed by atoms with van der Waals surface area (Å²) >= 11 is 0. The molecule has 0 N–H and O–H groups in total. The molecule has 1 aliphatic heterocycles. The number of nitrogens with zero attached hydrogens (tertiary/aromatic N) is 1. The Labute approximate surface area is 122 Å². The summed E-state index contributed by atoms with van der Waals surface area (Å²) in [5.74, 6) is -1.75. The summed E-state index contributed by atoms with van der Waals surface area (Å²) in [6, 6.07) is 1.03. The molecule has 1 aromatic heterocycles. The Balaban J connectivity index is 2.22. The first kappa shape index (κ1) is 16.1. The predicted molar refractivity (Wildman–Crippen MR) is 71.3 cm³/mol. The lowest BCUT2D eigenvalue weighted by Gasteiger charge is -2.22. The summed E-state index contributed by atoms with van der Waals surface area (Å²) in [7, 11) is -1.11. The average Bonchev–Trinajstić information content (AvgIpc) is 2.82. The molecule has 2 rings (SSSR count). The Hall–Kier alpha value is -1.31. The molecule has 118 valence electrons. The normalized spacial score (nSPS) is 22.9. The van der Waals surface area contributed by atoms with E-state index in [2.05, 4.69) is 4.42 Å². The number of alkyl halides is 3. The molecule has 0 bridgehead atoms. The van der Waals surface area contributed by atoms with Crippen LogP contribution in [-0.2, 0) is 17.0 Å². The molecule has 21 heavy (non-hydrogen) atoms. The number of halogens is 3. The monoisotopic (exact) mass is 323 g/mol. The van der Waals surface area contributed by atoms with E-state index in [4.69, 9.17) is 0 Å². The molecular formula is C13H16F3NO3S. The molecule has 1 fully saturated rings. The maximum atomic E-state index is 12.8. The first-order chi connectivity index (χ1) is 9.63. The van der Waals surface area contributed by atoms with Crippen LogP contribution >= 0.6 is 0 Å². The topological polar surface area (TPSA) is 50.5 Å². The van der Waals surface area contributed by atoms with E-state index in [-0.39, 0.29) is 18.8 Å². The second-order valence-corrected chi connectivity index (χ2v) is 7.72. The van der Waals surface area contributed by atoms with Crippen molar-refractivity contribution < 1.29 is 26.6 Å². The van der Waals surface area contributed by atoms with Gasteiger partial charge in [0.25, 0.3) is 5.91 Å². The molecule has 1 aliphatic rings. The lowest BCUT2D eigenvalue weighted by Crippen LogP contribution is -2.34. The second-order valence-electron chi connectivity index (χ2n) is 5.51. The molecule has 0 aromatic carbocycles. The van der Waals surface area contributed by atoms with Crippen LogP contribution in [0.5, 0.6) is 0 Å². The Morgan fingerprint density at radius 1 is 1.38 bits per heavy atom. The summed E-state index contributed by atoms with van der Waals surface area (Å²) in [5.41, 5.74) is -0.493. The zero-order valence-corrected chi connectivity index (χ0v) is 12.5. The van der Waals surface area contributed by atoms with Gasteiger partial charge in [-0.25, -0.2) is 0 Å². The molecule has 0 spiro atoms. The standard InChI is InChI=1S/C13H16F3NO3S/c1-12(2)4-5-17(6-8-21(12)19)11(18)9-3-7-20-10(9)13(14,15)16/h3,7H,4-6,8H2,1-2H3. The lowest BCUT2D eigenvalue weighted by atomic mass is 10.1. The largest absolute Gasteiger partial charge is 0.459 e. The van der Waals surface area contributed by atoms with E-state index in [0.29, 0.717) is 6.42 Å². The van der Waals surface area contributed by atoms with Crippen molar-refractivity contribution >= 4 is 16.7 Å². The number of rotatable bonds is 1. The quantitative estimate of drug-likeness (QED) is 0.798. The first-order valence-corrected chi connectivity index (χ1v) is 7.77. The van der Waals surface area contributed by atoms with Gasteiger partial charge in [-0.05, 0) is 26.3 Å². The minimum atomic E-state index is -4.71. The van der Waals surface area contributed by atoms with Crippen molar-refractivity contribution in [3.8, 4) is 0 Å². The summed E-state index contributed by atoms with van der Waals surface area (Å²) in [6.45, 7) is 4.11. The summed E-state index contributed by atoms with van der Waals surface area (Å²) in [4.78, 5) is 13.6. The molecule has 0 aliphatic carbocycles. The van der Waals surface area contributed by atoms with Gasteiger partial charge in [0.05, 0.1) is 11.8 Å². The number of hydrogen-bond acceptors (Lipinski definition) is 3. The zero-order chi connectivity index (χ0) is 15.8. The summed E-state index contributed by atoms with van der Waals surface area (Å²) < 4.78 is 54.2. The Kier molecular flexibility index (Phi) is 4.19. The zero-order valence-electron chi connectivity index (χ0n) is 11.7. The van der Waals surface area contributed by atoms with Crippen LogP contribution in [0.15, 0.2) is 16.7 Å². The van der Waals surface area contributed by atoms with Crippen LogP contribution in [0, 0.1) is 0 Å². The highest BCUT2D eigenvalue weighted by Gasteiger charge is 2.41. The first-order valence-electron chi connectivity index (χ1n) is 6.45. The highest BCUT2D eigenvalue weighted by molar-refractivity contribution is 7.86. The number of carbonyl (C=O) groups excluding carboxylic acids is 1. The molecule has 1 unspecified atom stereocenters. The molecule has 0 saturated carbocycles. The van der Waals surface area contributed by atoms with Gasteiger partial charge in [-0.15, -0.1) is 0 Å². The van der Waals surface area contributed by atoms with Gasteiger partial charge in [-0.2, -0.15) is 13.2 Å². The van der Waals surface area contributed by atoms with Gasteiger partial charge in [0.15, 0.2) is 0 Å². The van der Waals surface area contributed by atoms with Crippen molar-refractivity contribution in [3.05, 3.63) is 23.7 Å². The van der Waals surface area contributed by atoms with E-state index in [1.165, 1.54) is 4.90 Å². The van der Waals surface area contributed by atoms with E-state index in [0.717, 1.165) is 12.3 Å². The molecule has 1 aromatic rings. The fourth-order valence-corrected chi connectivity index (χ4v) is 3.43. The molecular weight excluding hydrogens is 307 g/mol. The summed E-state index contributed by atoms with van der Waals surface area (Å²) in [5, 5.41) is 0. The van der Waals surface area contributed by atoms with Gasteiger partial charge in [-0.3, -0.25) is 9.00 Å². The highest BCUT2D eigenvalue weighted by Crippen LogP contribution is 2.33. The fourth-order valence-electron chi connectivity index (χ4n) is 2.17. The van der Waals surface area contributed by atoms with E-state index in [1.54, 1.807) is 0 Å². The smallest absolute Gasteiger partial charge is 0.450 e. The molecule has 4 nitrogen and oxygen atoms in total. The van der Waals surface area contributed by atoms with Gasteiger partial charge >= 0.3 is 6.18 Å². The van der Waals surface area contributed by atoms with Crippen LogP contribution in [0.3, 0.4) is 0 Å². The van der Waals surface area contributed by atoms with Crippen molar-refractivity contribution in [2.45, 2.75) is 31.2 Å². The molecule has 2 heterocycles. The fraction of sp³-hybridized carbons (Fsp3) is 0.615. The third kappa shape index (κ3) is 3.30. The summed E-state index contributed by atoms with van der Waals surface area (Å²) in [6.07, 6.45) is -3.37. The number of furan rings is 1. The van der Waals surface area contributed by atoms with Gasteiger partial charge in [0.1, 0.15) is 0 Å². The van der Waals surface area contributed by atoms with E-state index in [9.17, 15) is 22.2 Å². The Morgan fingerprint density at radius 3 is 2.67 bits per heavy atom. The van der Waals surface area contributed by atoms with Crippen molar-refractivity contribution in [2.24, 2.45) is 0 Å². The van der Waals surface area contributed by atoms with E-state index >= 15 is 0 Å². The minimum Gasteiger partial charge on any atom is -0.459 e. The molecule has 8 heteroatoms. The Bertz CT molecular complexity index is 565. The molecule has 1 saturated heterocycles. The molecule has 1 atom stereocenters. The number of carbonyl (C=O) groups is 1. The maximum absolute atomic E-state index is 12.8. The van der Waals surface area contributed by atoms with Crippen molar-refractivity contribution in [3.63, 3.8) is 0 Å². The van der Waals surface area contributed by atoms with Gasteiger partial charge in [0, 0.05) is 34.4 Å². The van der Waals surface area contributed by atoms with Crippen molar-refractivity contribution in [1.82, 2.24) is 4.90 Å². The van der Waals surface area contributed by atoms with Crippen molar-refractivity contribution in [1.29, 1.82) is 0 Å². The minimum absolute atomic E-state index is 0.178. The van der Waals surface area contributed by atoms with Crippen LogP contribution in [-0.4, -0.2) is 38.6 Å². The maximum Gasteiger partial charge on any atom is 0.450 e. The van der Waals surface area contributed by atoms with Gasteiger partial charge < -0.3 is 9.32 Å². The Morgan fingerprint density at radius 2 is 2.05 bits per heavy atom. The SMILES string of the molecule is CC1(C)CCN(C(=O)c2ccoc2C(F)(F)F)CCS1=O. The van der Waals surface area contributed by atoms with Crippen LogP contribution in [0.1, 0.15) is 36.4 Å². The average molecular weight is 323 g/mol. The highest BCUT2D eigenvalue weighted by atomic mass is 32.2. The third-order valence-electron chi connectivity index (χ3n) is 3.59. The van der Waals surface area contributed by atoms with Crippen molar-refractivity contribution in [2.75, 3.05) is 18.8 Å². The molecule has 0 radical (unpaired) electrons. The van der Waals surface area contributed by atoms with E-state index in [1.807, 2.05) is 13.8 Å². The van der Waals surface area contributed by atoms with E-state index < -0.39 is 39.0 Å². The lowest BCUT2D eigenvalue weighted by molar-refractivity contribution is -0.153. The van der Waals surface area contributed by atoms with Gasteiger partial charge in [0.2, 0.25) is 5.76 Å². The predicted octanol–water partition coefficient (Wildman–Crippen LogP) is 2.67. The number of amides is 1.